The predicted octanol–water partition coefficient (Wildman–Crippen LogP) is 3.39. The number of rotatable bonds is 6. The Kier molecular flexibility index (Phi) is 6.23. The highest BCUT2D eigenvalue weighted by molar-refractivity contribution is 5.96. The van der Waals surface area contributed by atoms with Crippen molar-refractivity contribution >= 4 is 29.4 Å². The third-order valence-corrected chi connectivity index (χ3v) is 3.41. The fourth-order valence-electron chi connectivity index (χ4n) is 2.01. The van der Waals surface area contributed by atoms with Gasteiger partial charge in [0.25, 0.3) is 5.91 Å². The van der Waals surface area contributed by atoms with Crippen LogP contribution in [0.25, 0.3) is 6.08 Å². The van der Waals surface area contributed by atoms with Crippen LogP contribution in [-0.2, 0) is 14.3 Å². The number of nitrogens with one attached hydrogen (secondary N) is 1. The molecule has 1 N–H and O–H groups in total. The summed E-state index contributed by atoms with van der Waals surface area (Å²) in [6, 6.07) is 14.1. The molecular weight excluding hydrogens is 318 g/mol. The van der Waals surface area contributed by atoms with Crippen LogP contribution in [0.1, 0.15) is 28.4 Å². The highest BCUT2D eigenvalue weighted by Gasteiger charge is 2.06. The smallest absolute Gasteiger partial charge is 0.331 e. The summed E-state index contributed by atoms with van der Waals surface area (Å²) in [5.74, 6) is -1.09. The van der Waals surface area contributed by atoms with Crippen molar-refractivity contribution < 1.29 is 19.1 Å². The van der Waals surface area contributed by atoms with Gasteiger partial charge < -0.3 is 10.1 Å². The predicted molar refractivity (Wildman–Crippen MR) is 96.2 cm³/mol. The van der Waals surface area contributed by atoms with Crippen LogP contribution >= 0.6 is 0 Å². The first-order chi connectivity index (χ1) is 11.9. The highest BCUT2D eigenvalue weighted by atomic mass is 16.5. The van der Waals surface area contributed by atoms with E-state index in [1.165, 1.54) is 13.0 Å². The lowest BCUT2D eigenvalue weighted by Gasteiger charge is -2.06. The zero-order valence-electron chi connectivity index (χ0n) is 14.1. The highest BCUT2D eigenvalue weighted by Crippen LogP contribution is 2.10. The lowest BCUT2D eigenvalue weighted by atomic mass is 10.1. The van der Waals surface area contributed by atoms with E-state index in [2.05, 4.69) is 5.32 Å². The molecule has 0 fully saturated rings. The molecule has 2 rings (SSSR count). The third-order valence-electron chi connectivity index (χ3n) is 3.41. The number of anilines is 1. The fraction of sp³-hybridized carbons (Fsp3) is 0.150. The largest absolute Gasteiger partial charge is 0.452 e. The molecule has 25 heavy (non-hydrogen) atoms. The molecule has 0 radical (unpaired) electrons. The van der Waals surface area contributed by atoms with Gasteiger partial charge in [0, 0.05) is 17.3 Å². The topological polar surface area (TPSA) is 72.5 Å². The number of hydrogen-bond donors (Lipinski definition) is 1. The molecule has 0 saturated heterocycles. The van der Waals surface area contributed by atoms with E-state index in [1.54, 1.807) is 30.3 Å². The Labute approximate surface area is 146 Å². The molecule has 0 aromatic heterocycles. The quantitative estimate of drug-likeness (QED) is 0.498. The van der Waals surface area contributed by atoms with Crippen LogP contribution in [0.2, 0.25) is 0 Å². The van der Waals surface area contributed by atoms with Crippen molar-refractivity contribution in [2.24, 2.45) is 0 Å². The average Bonchev–Trinajstić information content (AvgIpc) is 2.60. The second-order valence-electron chi connectivity index (χ2n) is 5.53. The Morgan fingerprint density at radius 1 is 1.00 bits per heavy atom. The summed E-state index contributed by atoms with van der Waals surface area (Å²) in [6.45, 7) is 3.07. The minimum absolute atomic E-state index is 0.0489. The number of ketones is 1. The molecule has 2 aromatic rings. The molecule has 0 spiro atoms. The van der Waals surface area contributed by atoms with Crippen LogP contribution in [0.4, 0.5) is 5.69 Å². The number of benzene rings is 2. The molecule has 5 heteroatoms. The number of hydrogen-bond acceptors (Lipinski definition) is 4. The average molecular weight is 337 g/mol. The lowest BCUT2D eigenvalue weighted by molar-refractivity contribution is -0.142. The molecule has 0 aliphatic carbocycles. The summed E-state index contributed by atoms with van der Waals surface area (Å²) in [4.78, 5) is 34.6. The molecule has 0 heterocycles. The molecule has 0 bridgehead atoms. The van der Waals surface area contributed by atoms with Gasteiger partial charge in [0.2, 0.25) is 0 Å². The monoisotopic (exact) mass is 337 g/mol. The summed E-state index contributed by atoms with van der Waals surface area (Å²) >= 11 is 0. The molecule has 0 saturated carbocycles. The van der Waals surface area contributed by atoms with Gasteiger partial charge in [0.15, 0.2) is 12.4 Å². The van der Waals surface area contributed by atoms with Gasteiger partial charge in [0.05, 0.1) is 0 Å². The van der Waals surface area contributed by atoms with Crippen molar-refractivity contribution in [1.29, 1.82) is 0 Å². The van der Waals surface area contributed by atoms with Crippen LogP contribution in [-0.4, -0.2) is 24.3 Å². The van der Waals surface area contributed by atoms with Gasteiger partial charge in [-0.15, -0.1) is 0 Å². The van der Waals surface area contributed by atoms with E-state index in [-0.39, 0.29) is 12.4 Å². The van der Waals surface area contributed by atoms with Crippen molar-refractivity contribution in [3.8, 4) is 0 Å². The number of carbonyl (C=O) groups excluding carboxylic acids is 3. The summed E-state index contributed by atoms with van der Waals surface area (Å²) in [7, 11) is 0. The maximum atomic E-state index is 11.8. The molecule has 0 unspecified atom stereocenters. The zero-order chi connectivity index (χ0) is 18.2. The SMILES string of the molecule is CC(=O)c1ccc(NC(=O)COC(=O)/C=C/c2ccc(C)cc2)cc1. The van der Waals surface area contributed by atoms with Gasteiger partial charge in [-0.05, 0) is 49.8 Å². The van der Waals surface area contributed by atoms with E-state index in [4.69, 9.17) is 4.74 Å². The van der Waals surface area contributed by atoms with Crippen molar-refractivity contribution in [2.45, 2.75) is 13.8 Å². The summed E-state index contributed by atoms with van der Waals surface area (Å²) in [5.41, 5.74) is 3.09. The molecule has 1 amide bonds. The number of esters is 1. The van der Waals surface area contributed by atoms with Crippen molar-refractivity contribution in [1.82, 2.24) is 0 Å². The molecule has 0 aliphatic heterocycles. The second kappa shape index (κ2) is 8.59. The normalized spacial score (nSPS) is 10.5. The Hall–Kier alpha value is -3.21. The standard InChI is InChI=1S/C20H19NO4/c1-14-3-5-16(6-4-14)7-12-20(24)25-13-19(23)21-18-10-8-17(9-11-18)15(2)22/h3-12H,13H2,1-2H3,(H,21,23)/b12-7+. The minimum atomic E-state index is -0.595. The van der Waals surface area contributed by atoms with E-state index in [0.29, 0.717) is 11.3 Å². The van der Waals surface area contributed by atoms with Gasteiger partial charge in [0.1, 0.15) is 0 Å². The van der Waals surface area contributed by atoms with E-state index in [9.17, 15) is 14.4 Å². The summed E-state index contributed by atoms with van der Waals surface area (Å²) in [6.07, 6.45) is 2.90. The minimum Gasteiger partial charge on any atom is -0.452 e. The number of Topliss-reactive ketones (excluding diaryl/α,β-unsaturated/α-hetero) is 1. The molecule has 5 nitrogen and oxygen atoms in total. The Morgan fingerprint density at radius 2 is 1.64 bits per heavy atom. The first kappa shape index (κ1) is 18.1. The Balaban J connectivity index is 1.79. The third kappa shape index (κ3) is 6.06. The van der Waals surface area contributed by atoms with E-state index >= 15 is 0 Å². The maximum Gasteiger partial charge on any atom is 0.331 e. The Bertz CT molecular complexity index is 789. The van der Waals surface area contributed by atoms with Crippen LogP contribution in [0.15, 0.2) is 54.6 Å². The van der Waals surface area contributed by atoms with Gasteiger partial charge in [-0.1, -0.05) is 29.8 Å². The van der Waals surface area contributed by atoms with Crippen LogP contribution in [0.5, 0.6) is 0 Å². The summed E-state index contributed by atoms with van der Waals surface area (Å²) in [5, 5.41) is 2.59. The first-order valence-electron chi connectivity index (χ1n) is 7.76. The Morgan fingerprint density at radius 3 is 2.24 bits per heavy atom. The first-order valence-corrected chi connectivity index (χ1v) is 7.76. The second-order valence-corrected chi connectivity index (χ2v) is 5.53. The van der Waals surface area contributed by atoms with Gasteiger partial charge in [-0.2, -0.15) is 0 Å². The number of amides is 1. The van der Waals surface area contributed by atoms with Crippen LogP contribution < -0.4 is 5.32 Å². The van der Waals surface area contributed by atoms with E-state index in [1.807, 2.05) is 31.2 Å². The van der Waals surface area contributed by atoms with E-state index in [0.717, 1.165) is 11.1 Å². The fourth-order valence-corrected chi connectivity index (χ4v) is 2.01. The molecule has 0 atom stereocenters. The van der Waals surface area contributed by atoms with Crippen LogP contribution in [0.3, 0.4) is 0 Å². The van der Waals surface area contributed by atoms with Crippen molar-refractivity contribution in [3.05, 3.63) is 71.3 Å². The number of aryl methyl sites for hydroxylation is 1. The zero-order valence-corrected chi connectivity index (χ0v) is 14.1. The number of ether oxygens (including phenoxy) is 1. The number of carbonyl (C=O) groups is 3. The molecule has 0 aliphatic rings. The molecule has 128 valence electrons. The van der Waals surface area contributed by atoms with Gasteiger partial charge >= 0.3 is 5.97 Å². The molecule has 2 aromatic carbocycles. The van der Waals surface area contributed by atoms with E-state index < -0.39 is 11.9 Å². The van der Waals surface area contributed by atoms with Gasteiger partial charge in [-0.3, -0.25) is 9.59 Å². The van der Waals surface area contributed by atoms with Crippen molar-refractivity contribution in [3.63, 3.8) is 0 Å². The molecular formula is C20H19NO4. The van der Waals surface area contributed by atoms with Crippen molar-refractivity contribution in [2.75, 3.05) is 11.9 Å². The lowest BCUT2D eigenvalue weighted by Crippen LogP contribution is -2.20. The maximum absolute atomic E-state index is 11.8. The summed E-state index contributed by atoms with van der Waals surface area (Å²) < 4.78 is 4.89. The van der Waals surface area contributed by atoms with Crippen LogP contribution in [0, 0.1) is 6.92 Å². The van der Waals surface area contributed by atoms with Gasteiger partial charge in [-0.25, -0.2) is 4.79 Å².